The summed E-state index contributed by atoms with van der Waals surface area (Å²) in [5, 5.41) is 3.55. The van der Waals surface area contributed by atoms with Crippen molar-refractivity contribution in [3.63, 3.8) is 0 Å². The third kappa shape index (κ3) is 5.15. The first kappa shape index (κ1) is 19.9. The zero-order chi connectivity index (χ0) is 20.1. The Bertz CT molecular complexity index is 862. The first-order valence-electron chi connectivity index (χ1n) is 10.4. The molecule has 1 fully saturated rings. The van der Waals surface area contributed by atoms with Gasteiger partial charge in [-0.15, -0.1) is 0 Å². The summed E-state index contributed by atoms with van der Waals surface area (Å²) < 4.78 is 11.5. The summed E-state index contributed by atoms with van der Waals surface area (Å²) >= 11 is 0. The monoisotopic (exact) mass is 395 g/mol. The number of carbonyl (C=O) groups is 1. The number of nitrogens with one attached hydrogen (secondary N) is 1. The van der Waals surface area contributed by atoms with Crippen LogP contribution >= 0.6 is 0 Å². The highest BCUT2D eigenvalue weighted by Gasteiger charge is 2.16. The molecule has 6 nitrogen and oxygen atoms in total. The lowest BCUT2D eigenvalue weighted by molar-refractivity contribution is 0.0374. The van der Waals surface area contributed by atoms with E-state index in [-0.39, 0.29) is 0 Å². The largest absolute Gasteiger partial charge is 0.457 e. The number of ether oxygens (including phenoxy) is 2. The van der Waals surface area contributed by atoms with Crippen molar-refractivity contribution in [3.8, 4) is 11.5 Å². The van der Waals surface area contributed by atoms with Crippen molar-refractivity contribution in [1.82, 2.24) is 10.2 Å². The number of benzene rings is 2. The number of aryl methyl sites for hydroxylation is 2. The van der Waals surface area contributed by atoms with Crippen molar-refractivity contribution in [1.29, 1.82) is 0 Å². The molecule has 2 aliphatic heterocycles. The fourth-order valence-electron chi connectivity index (χ4n) is 3.94. The van der Waals surface area contributed by atoms with Gasteiger partial charge in [-0.25, -0.2) is 0 Å². The molecule has 3 N–H and O–H groups in total. The average Bonchev–Trinajstić information content (AvgIpc) is 2.92. The lowest BCUT2D eigenvalue weighted by atomic mass is 10.0. The Kier molecular flexibility index (Phi) is 6.44. The molecule has 1 amide bonds. The standard InChI is InChI=1S/C23H29N3O3/c24-23(27)20-5-7-22-19(15-20)4-3-18-14-17(2-6-21(18)29-22)16-25-8-1-9-26-10-12-28-13-11-26/h2,5-7,14-15,25H,1,3-4,8-13,16H2,(H2,24,27). The molecule has 0 aromatic heterocycles. The number of fused-ring (bicyclic) bond motifs is 2. The summed E-state index contributed by atoms with van der Waals surface area (Å²) in [5.74, 6) is 1.30. The minimum absolute atomic E-state index is 0.406. The highest BCUT2D eigenvalue weighted by molar-refractivity contribution is 5.93. The second-order valence-corrected chi connectivity index (χ2v) is 7.72. The first-order valence-corrected chi connectivity index (χ1v) is 10.4. The second kappa shape index (κ2) is 9.39. The average molecular weight is 396 g/mol. The molecule has 29 heavy (non-hydrogen) atoms. The number of primary amides is 1. The number of morpholine rings is 1. The van der Waals surface area contributed by atoms with Crippen LogP contribution in [0.1, 0.15) is 33.5 Å². The van der Waals surface area contributed by atoms with Gasteiger partial charge in [-0.05, 0) is 73.3 Å². The van der Waals surface area contributed by atoms with Crippen LogP contribution in [0.4, 0.5) is 0 Å². The molecule has 2 aliphatic rings. The zero-order valence-electron chi connectivity index (χ0n) is 16.8. The van der Waals surface area contributed by atoms with Gasteiger partial charge in [-0.3, -0.25) is 9.69 Å². The molecule has 6 heteroatoms. The van der Waals surface area contributed by atoms with E-state index in [1.807, 2.05) is 12.1 Å². The van der Waals surface area contributed by atoms with E-state index in [0.717, 1.165) is 82.3 Å². The van der Waals surface area contributed by atoms with Gasteiger partial charge in [0.15, 0.2) is 0 Å². The van der Waals surface area contributed by atoms with Crippen molar-refractivity contribution >= 4 is 5.91 Å². The molecule has 1 saturated heterocycles. The van der Waals surface area contributed by atoms with Crippen molar-refractivity contribution < 1.29 is 14.3 Å². The molecule has 0 spiro atoms. The summed E-state index contributed by atoms with van der Waals surface area (Å²) in [6.07, 6.45) is 2.86. The molecule has 2 aromatic carbocycles. The fourth-order valence-corrected chi connectivity index (χ4v) is 3.94. The second-order valence-electron chi connectivity index (χ2n) is 7.72. The van der Waals surface area contributed by atoms with Gasteiger partial charge in [0.05, 0.1) is 13.2 Å². The van der Waals surface area contributed by atoms with E-state index in [0.29, 0.717) is 5.56 Å². The van der Waals surface area contributed by atoms with E-state index < -0.39 is 5.91 Å². The summed E-state index contributed by atoms with van der Waals surface area (Å²) in [6.45, 7) is 6.81. The van der Waals surface area contributed by atoms with Crippen LogP contribution in [0.3, 0.4) is 0 Å². The minimum atomic E-state index is -0.406. The van der Waals surface area contributed by atoms with E-state index in [9.17, 15) is 4.79 Å². The maximum atomic E-state index is 11.4. The van der Waals surface area contributed by atoms with Crippen LogP contribution < -0.4 is 15.8 Å². The molecule has 0 radical (unpaired) electrons. The molecule has 2 heterocycles. The third-order valence-electron chi connectivity index (χ3n) is 5.61. The van der Waals surface area contributed by atoms with Gasteiger partial charge in [0.2, 0.25) is 5.91 Å². The van der Waals surface area contributed by atoms with Crippen LogP contribution in [0.5, 0.6) is 11.5 Å². The van der Waals surface area contributed by atoms with Gasteiger partial charge in [0.1, 0.15) is 11.5 Å². The SMILES string of the molecule is NC(=O)c1ccc2c(c1)CCc1cc(CNCCCN3CCOCC3)ccc1O2. The number of hydrogen-bond acceptors (Lipinski definition) is 5. The van der Waals surface area contributed by atoms with E-state index in [2.05, 4.69) is 28.4 Å². The Hall–Kier alpha value is -2.41. The van der Waals surface area contributed by atoms with E-state index in [1.54, 1.807) is 6.07 Å². The summed E-state index contributed by atoms with van der Waals surface area (Å²) in [6, 6.07) is 11.8. The van der Waals surface area contributed by atoms with Crippen LogP contribution in [-0.4, -0.2) is 50.2 Å². The molecule has 0 unspecified atom stereocenters. The topological polar surface area (TPSA) is 76.8 Å². The molecule has 0 bridgehead atoms. The van der Waals surface area contributed by atoms with Crippen LogP contribution in [-0.2, 0) is 24.1 Å². The van der Waals surface area contributed by atoms with E-state index >= 15 is 0 Å². The number of rotatable bonds is 7. The van der Waals surface area contributed by atoms with Gasteiger partial charge in [-0.1, -0.05) is 12.1 Å². The fraction of sp³-hybridized carbons (Fsp3) is 0.435. The summed E-state index contributed by atoms with van der Waals surface area (Å²) in [7, 11) is 0. The number of hydrogen-bond donors (Lipinski definition) is 2. The lowest BCUT2D eigenvalue weighted by Gasteiger charge is -2.26. The lowest BCUT2D eigenvalue weighted by Crippen LogP contribution is -2.37. The Morgan fingerprint density at radius 1 is 1.03 bits per heavy atom. The third-order valence-corrected chi connectivity index (χ3v) is 5.61. The van der Waals surface area contributed by atoms with Crippen molar-refractivity contribution in [2.24, 2.45) is 5.73 Å². The highest BCUT2D eigenvalue weighted by atomic mass is 16.5. The normalized spacial score (nSPS) is 16.4. The van der Waals surface area contributed by atoms with Gasteiger partial charge < -0.3 is 20.5 Å². The van der Waals surface area contributed by atoms with Crippen LogP contribution in [0.15, 0.2) is 36.4 Å². The maximum Gasteiger partial charge on any atom is 0.248 e. The number of nitrogens with two attached hydrogens (primary N) is 1. The summed E-state index contributed by atoms with van der Waals surface area (Å²) in [5.41, 5.74) is 9.43. The number of carbonyl (C=O) groups excluding carboxylic acids is 1. The molecule has 2 aromatic rings. The molecule has 0 saturated carbocycles. The van der Waals surface area contributed by atoms with E-state index in [1.165, 1.54) is 11.1 Å². The quantitative estimate of drug-likeness (QED) is 0.705. The Morgan fingerprint density at radius 3 is 2.52 bits per heavy atom. The predicted octanol–water partition coefficient (Wildman–Crippen LogP) is 2.49. The smallest absolute Gasteiger partial charge is 0.248 e. The highest BCUT2D eigenvalue weighted by Crippen LogP contribution is 2.34. The van der Waals surface area contributed by atoms with Crippen LogP contribution in [0, 0.1) is 0 Å². The molecule has 0 atom stereocenters. The van der Waals surface area contributed by atoms with Gasteiger partial charge in [0.25, 0.3) is 0 Å². The van der Waals surface area contributed by atoms with E-state index in [4.69, 9.17) is 15.2 Å². The number of nitrogens with zero attached hydrogens (tertiary/aromatic N) is 1. The van der Waals surface area contributed by atoms with Gasteiger partial charge >= 0.3 is 0 Å². The first-order chi connectivity index (χ1) is 14.2. The van der Waals surface area contributed by atoms with Crippen molar-refractivity contribution in [2.75, 3.05) is 39.4 Å². The van der Waals surface area contributed by atoms with Crippen LogP contribution in [0.25, 0.3) is 0 Å². The number of amides is 1. The zero-order valence-corrected chi connectivity index (χ0v) is 16.8. The molecular weight excluding hydrogens is 366 g/mol. The molecule has 0 aliphatic carbocycles. The van der Waals surface area contributed by atoms with Crippen molar-refractivity contribution in [2.45, 2.75) is 25.8 Å². The summed E-state index contributed by atoms with van der Waals surface area (Å²) in [4.78, 5) is 13.9. The van der Waals surface area contributed by atoms with Gasteiger partial charge in [0, 0.05) is 25.2 Å². The van der Waals surface area contributed by atoms with Gasteiger partial charge in [-0.2, -0.15) is 0 Å². The Labute approximate surface area is 172 Å². The molecule has 154 valence electrons. The Balaban J connectivity index is 1.30. The predicted molar refractivity (Wildman–Crippen MR) is 112 cm³/mol. The maximum absolute atomic E-state index is 11.4. The molecule has 4 rings (SSSR count). The van der Waals surface area contributed by atoms with Crippen molar-refractivity contribution in [3.05, 3.63) is 58.7 Å². The minimum Gasteiger partial charge on any atom is -0.457 e. The van der Waals surface area contributed by atoms with Crippen LogP contribution in [0.2, 0.25) is 0 Å². The Morgan fingerprint density at radius 2 is 1.76 bits per heavy atom. The molecular formula is C23H29N3O3.